The Bertz CT molecular complexity index is 203. The van der Waals surface area contributed by atoms with Crippen LogP contribution in [0.3, 0.4) is 0 Å². The molecule has 1 fully saturated rings. The second-order valence-electron chi connectivity index (χ2n) is 5.47. The van der Waals surface area contributed by atoms with Crippen molar-refractivity contribution < 1.29 is 13.9 Å². The minimum Gasteiger partial charge on any atom is -0.392 e. The molecule has 0 saturated heterocycles. The second-order valence-corrected chi connectivity index (χ2v) is 5.47. The maximum absolute atomic E-state index is 12.7. The minimum absolute atomic E-state index is 0.0464. The molecule has 1 nitrogen and oxygen atoms in total. The van der Waals surface area contributed by atoms with Gasteiger partial charge in [0.05, 0.1) is 6.10 Å². The van der Waals surface area contributed by atoms with Gasteiger partial charge in [-0.1, -0.05) is 27.7 Å². The van der Waals surface area contributed by atoms with Crippen LogP contribution in [0.25, 0.3) is 0 Å². The SMILES string of the molecule is CC(C)C(O)C(C)(C)C1CC(F)(F)C1. The zero-order valence-corrected chi connectivity index (χ0v) is 9.35. The van der Waals surface area contributed by atoms with Gasteiger partial charge in [-0.2, -0.15) is 0 Å². The van der Waals surface area contributed by atoms with Gasteiger partial charge in [0.15, 0.2) is 0 Å². The molecule has 0 aromatic rings. The Balaban J connectivity index is 2.59. The molecule has 1 aliphatic carbocycles. The van der Waals surface area contributed by atoms with Crippen molar-refractivity contribution in [3.63, 3.8) is 0 Å². The van der Waals surface area contributed by atoms with Gasteiger partial charge < -0.3 is 5.11 Å². The lowest BCUT2D eigenvalue weighted by atomic mass is 9.61. The summed E-state index contributed by atoms with van der Waals surface area (Å²) in [7, 11) is 0. The standard InChI is InChI=1S/C11H20F2O/c1-7(2)9(14)10(3,4)8-5-11(12,13)6-8/h7-9,14H,5-6H2,1-4H3. The van der Waals surface area contributed by atoms with Gasteiger partial charge >= 0.3 is 0 Å². The van der Waals surface area contributed by atoms with Crippen molar-refractivity contribution in [2.24, 2.45) is 17.3 Å². The smallest absolute Gasteiger partial charge is 0.248 e. The molecule has 1 saturated carbocycles. The van der Waals surface area contributed by atoms with Crippen molar-refractivity contribution in [1.29, 1.82) is 0 Å². The number of hydrogen-bond acceptors (Lipinski definition) is 1. The lowest BCUT2D eigenvalue weighted by molar-refractivity contribution is -0.167. The van der Waals surface area contributed by atoms with E-state index in [9.17, 15) is 13.9 Å². The summed E-state index contributed by atoms with van der Waals surface area (Å²) in [5.41, 5.74) is -0.393. The van der Waals surface area contributed by atoms with Gasteiger partial charge in [0.2, 0.25) is 5.92 Å². The van der Waals surface area contributed by atoms with E-state index < -0.39 is 17.4 Å². The Labute approximate surface area is 84.5 Å². The first-order valence-corrected chi connectivity index (χ1v) is 5.23. The van der Waals surface area contributed by atoms with Crippen molar-refractivity contribution in [2.45, 2.75) is 52.6 Å². The van der Waals surface area contributed by atoms with Crippen LogP contribution in [0.1, 0.15) is 40.5 Å². The van der Waals surface area contributed by atoms with Gasteiger partial charge in [0, 0.05) is 12.8 Å². The van der Waals surface area contributed by atoms with Crippen LogP contribution < -0.4 is 0 Å². The number of hydrogen-bond donors (Lipinski definition) is 1. The summed E-state index contributed by atoms with van der Waals surface area (Å²) in [6.07, 6.45) is -0.628. The Hall–Kier alpha value is -0.180. The molecule has 0 bridgehead atoms. The summed E-state index contributed by atoms with van der Waals surface area (Å²) in [4.78, 5) is 0. The third-order valence-electron chi connectivity index (χ3n) is 3.54. The van der Waals surface area contributed by atoms with Gasteiger partial charge in [0.1, 0.15) is 0 Å². The molecule has 84 valence electrons. The van der Waals surface area contributed by atoms with E-state index in [1.807, 2.05) is 27.7 Å². The average Bonchev–Trinajstić information content (AvgIpc) is 1.98. The maximum atomic E-state index is 12.7. The fourth-order valence-corrected chi connectivity index (χ4v) is 2.29. The number of rotatable bonds is 3. The van der Waals surface area contributed by atoms with Gasteiger partial charge in [-0.15, -0.1) is 0 Å². The van der Waals surface area contributed by atoms with E-state index in [0.29, 0.717) is 0 Å². The summed E-state index contributed by atoms with van der Waals surface area (Å²) in [6, 6.07) is 0. The predicted molar refractivity (Wildman–Crippen MR) is 52.3 cm³/mol. The molecule has 0 aromatic heterocycles. The van der Waals surface area contributed by atoms with Crippen LogP contribution in [-0.2, 0) is 0 Å². The normalized spacial score (nSPS) is 24.9. The number of aliphatic hydroxyl groups is 1. The zero-order chi connectivity index (χ0) is 11.1. The van der Waals surface area contributed by atoms with Crippen LogP contribution in [0.4, 0.5) is 8.78 Å². The molecule has 0 aliphatic heterocycles. The fraction of sp³-hybridized carbons (Fsp3) is 1.00. The average molecular weight is 206 g/mol. The molecule has 1 atom stereocenters. The van der Waals surface area contributed by atoms with Crippen LogP contribution >= 0.6 is 0 Å². The summed E-state index contributed by atoms with van der Waals surface area (Å²) < 4.78 is 25.4. The molecule has 1 N–H and O–H groups in total. The van der Waals surface area contributed by atoms with E-state index in [4.69, 9.17) is 0 Å². The lowest BCUT2D eigenvalue weighted by Crippen LogP contribution is -2.49. The topological polar surface area (TPSA) is 20.2 Å². The highest BCUT2D eigenvalue weighted by Gasteiger charge is 2.53. The Morgan fingerprint density at radius 1 is 1.29 bits per heavy atom. The molecule has 0 spiro atoms. The maximum Gasteiger partial charge on any atom is 0.248 e. The lowest BCUT2D eigenvalue weighted by Gasteiger charge is -2.48. The van der Waals surface area contributed by atoms with Crippen LogP contribution in [0, 0.1) is 17.3 Å². The zero-order valence-electron chi connectivity index (χ0n) is 9.35. The van der Waals surface area contributed by atoms with Gasteiger partial charge in [-0.05, 0) is 17.3 Å². The van der Waals surface area contributed by atoms with Crippen LogP contribution in [-0.4, -0.2) is 17.1 Å². The summed E-state index contributed by atoms with van der Waals surface area (Å²) in [5.74, 6) is -2.41. The minimum atomic E-state index is -2.49. The summed E-state index contributed by atoms with van der Waals surface area (Å²) >= 11 is 0. The molecule has 0 heterocycles. The number of halogens is 2. The van der Waals surface area contributed by atoms with Crippen molar-refractivity contribution in [2.75, 3.05) is 0 Å². The molecule has 14 heavy (non-hydrogen) atoms. The van der Waals surface area contributed by atoms with Crippen LogP contribution in [0.5, 0.6) is 0 Å². The van der Waals surface area contributed by atoms with Gasteiger partial charge in [-0.3, -0.25) is 0 Å². The first-order chi connectivity index (χ1) is 6.17. The van der Waals surface area contributed by atoms with Crippen molar-refractivity contribution >= 4 is 0 Å². The molecule has 0 amide bonds. The molecule has 1 rings (SSSR count). The molecule has 1 unspecified atom stereocenters. The number of alkyl halides is 2. The van der Waals surface area contributed by atoms with E-state index in [-0.39, 0.29) is 24.7 Å². The first-order valence-electron chi connectivity index (χ1n) is 5.23. The van der Waals surface area contributed by atoms with E-state index in [1.165, 1.54) is 0 Å². The quantitative estimate of drug-likeness (QED) is 0.752. The van der Waals surface area contributed by atoms with Crippen molar-refractivity contribution in [1.82, 2.24) is 0 Å². The number of aliphatic hydroxyl groups excluding tert-OH is 1. The van der Waals surface area contributed by atoms with Crippen molar-refractivity contribution in [3.05, 3.63) is 0 Å². The summed E-state index contributed by atoms with van der Waals surface area (Å²) in [5, 5.41) is 9.91. The highest BCUT2D eigenvalue weighted by Crippen LogP contribution is 2.52. The highest BCUT2D eigenvalue weighted by molar-refractivity contribution is 4.97. The van der Waals surface area contributed by atoms with Crippen LogP contribution in [0.15, 0.2) is 0 Å². The highest BCUT2D eigenvalue weighted by atomic mass is 19.3. The summed E-state index contributed by atoms with van der Waals surface area (Å²) in [6.45, 7) is 7.61. The van der Waals surface area contributed by atoms with E-state index in [2.05, 4.69) is 0 Å². The first kappa shape index (κ1) is 11.9. The Morgan fingerprint density at radius 3 is 2.00 bits per heavy atom. The molecule has 0 aromatic carbocycles. The largest absolute Gasteiger partial charge is 0.392 e. The Kier molecular flexibility index (Phi) is 2.92. The molecule has 3 heteroatoms. The predicted octanol–water partition coefficient (Wildman–Crippen LogP) is 3.07. The van der Waals surface area contributed by atoms with E-state index >= 15 is 0 Å². The van der Waals surface area contributed by atoms with Crippen LogP contribution in [0.2, 0.25) is 0 Å². The van der Waals surface area contributed by atoms with Gasteiger partial charge in [0.25, 0.3) is 0 Å². The second kappa shape index (κ2) is 3.44. The molecule has 1 aliphatic rings. The fourth-order valence-electron chi connectivity index (χ4n) is 2.29. The third-order valence-corrected chi connectivity index (χ3v) is 3.54. The monoisotopic (exact) mass is 206 g/mol. The van der Waals surface area contributed by atoms with E-state index in [0.717, 1.165) is 0 Å². The molecule has 0 radical (unpaired) electrons. The third kappa shape index (κ3) is 2.08. The molecular weight excluding hydrogens is 186 g/mol. The molecular formula is C11H20F2O. The van der Waals surface area contributed by atoms with Gasteiger partial charge in [-0.25, -0.2) is 8.78 Å². The van der Waals surface area contributed by atoms with E-state index in [1.54, 1.807) is 0 Å². The Morgan fingerprint density at radius 2 is 1.71 bits per heavy atom. The van der Waals surface area contributed by atoms with Crippen molar-refractivity contribution in [3.8, 4) is 0 Å².